The van der Waals surface area contributed by atoms with Crippen molar-refractivity contribution < 1.29 is 14.3 Å². The summed E-state index contributed by atoms with van der Waals surface area (Å²) in [5, 5.41) is 2.93. The lowest BCUT2D eigenvalue weighted by molar-refractivity contribution is -0.134. The van der Waals surface area contributed by atoms with Crippen LogP contribution in [0.15, 0.2) is 24.5 Å². The number of carbonyl (C=O) groups excluding carboxylic acids is 2. The third-order valence-corrected chi connectivity index (χ3v) is 3.85. The molecule has 1 atom stereocenters. The molecule has 1 aromatic rings. The molecule has 0 aliphatic carbocycles. The van der Waals surface area contributed by atoms with E-state index in [1.807, 2.05) is 19.1 Å². The molecule has 0 aromatic carbocycles. The zero-order chi connectivity index (χ0) is 15.9. The van der Waals surface area contributed by atoms with Crippen LogP contribution in [0.2, 0.25) is 0 Å². The Hall–Kier alpha value is -2.11. The summed E-state index contributed by atoms with van der Waals surface area (Å²) in [6.07, 6.45) is 4.67. The average molecular weight is 305 g/mol. The van der Waals surface area contributed by atoms with Gasteiger partial charge in [0.25, 0.3) is 0 Å². The molecule has 1 N–H and O–H groups in total. The minimum Gasteiger partial charge on any atom is -0.487 e. The van der Waals surface area contributed by atoms with Crippen LogP contribution in [0.4, 0.5) is 0 Å². The number of pyridine rings is 1. The number of rotatable bonds is 5. The van der Waals surface area contributed by atoms with Gasteiger partial charge in [0.1, 0.15) is 11.9 Å². The first-order chi connectivity index (χ1) is 10.6. The van der Waals surface area contributed by atoms with Gasteiger partial charge in [-0.2, -0.15) is 0 Å². The van der Waals surface area contributed by atoms with Gasteiger partial charge in [0, 0.05) is 32.1 Å². The highest BCUT2D eigenvalue weighted by molar-refractivity contribution is 5.79. The van der Waals surface area contributed by atoms with Crippen molar-refractivity contribution in [1.82, 2.24) is 15.2 Å². The normalized spacial score (nSPS) is 16.9. The molecule has 6 nitrogen and oxygen atoms in total. The first-order valence-corrected chi connectivity index (χ1v) is 7.66. The maximum atomic E-state index is 12.1. The summed E-state index contributed by atoms with van der Waals surface area (Å²) in [5.41, 5.74) is 0. The Bertz CT molecular complexity index is 499. The van der Waals surface area contributed by atoms with Crippen molar-refractivity contribution in [2.75, 3.05) is 19.6 Å². The van der Waals surface area contributed by atoms with E-state index in [4.69, 9.17) is 4.74 Å². The molecule has 2 amide bonds. The summed E-state index contributed by atoms with van der Waals surface area (Å²) in [5.74, 6) is 0.808. The second-order valence-corrected chi connectivity index (χ2v) is 5.64. The van der Waals surface area contributed by atoms with Gasteiger partial charge in [0.2, 0.25) is 11.8 Å². The van der Waals surface area contributed by atoms with Gasteiger partial charge in [-0.15, -0.1) is 0 Å². The molecule has 120 valence electrons. The first kappa shape index (κ1) is 16.3. The molecular weight excluding hydrogens is 282 g/mol. The van der Waals surface area contributed by atoms with Crippen molar-refractivity contribution in [2.45, 2.75) is 32.8 Å². The van der Waals surface area contributed by atoms with Gasteiger partial charge in [-0.05, 0) is 31.9 Å². The Morgan fingerprint density at radius 2 is 2.18 bits per heavy atom. The maximum absolute atomic E-state index is 12.1. The van der Waals surface area contributed by atoms with E-state index in [1.54, 1.807) is 24.2 Å². The maximum Gasteiger partial charge on any atom is 0.223 e. The third kappa shape index (κ3) is 4.72. The number of likely N-dealkylation sites (tertiary alicyclic amines) is 1. The average Bonchev–Trinajstić information content (AvgIpc) is 2.53. The minimum atomic E-state index is -0.120. The Kier molecular flexibility index (Phi) is 5.75. The summed E-state index contributed by atoms with van der Waals surface area (Å²) in [6, 6.07) is 3.65. The van der Waals surface area contributed by atoms with Crippen molar-refractivity contribution in [3.05, 3.63) is 24.5 Å². The topological polar surface area (TPSA) is 71.5 Å². The van der Waals surface area contributed by atoms with Crippen molar-refractivity contribution in [1.29, 1.82) is 0 Å². The van der Waals surface area contributed by atoms with Crippen molar-refractivity contribution in [3.8, 4) is 5.75 Å². The molecule has 6 heteroatoms. The van der Waals surface area contributed by atoms with Crippen LogP contribution in [0.5, 0.6) is 5.75 Å². The van der Waals surface area contributed by atoms with Crippen LogP contribution in [0, 0.1) is 5.92 Å². The Morgan fingerprint density at radius 3 is 2.77 bits per heavy atom. The number of piperidine rings is 1. The Labute approximate surface area is 130 Å². The molecule has 0 unspecified atom stereocenters. The first-order valence-electron chi connectivity index (χ1n) is 7.66. The van der Waals surface area contributed by atoms with Crippen LogP contribution in [0.25, 0.3) is 0 Å². The van der Waals surface area contributed by atoms with Crippen LogP contribution >= 0.6 is 0 Å². The fraction of sp³-hybridized carbons (Fsp3) is 0.562. The Morgan fingerprint density at radius 1 is 1.45 bits per heavy atom. The molecule has 1 saturated heterocycles. The van der Waals surface area contributed by atoms with E-state index in [0.717, 1.165) is 12.8 Å². The number of nitrogens with zero attached hydrogens (tertiary/aromatic N) is 2. The molecular formula is C16H23N3O3. The summed E-state index contributed by atoms with van der Waals surface area (Å²) >= 11 is 0. The number of hydrogen-bond acceptors (Lipinski definition) is 4. The molecule has 0 bridgehead atoms. The quantitative estimate of drug-likeness (QED) is 0.888. The standard InChI is InChI=1S/C16H23N3O3/c1-12(22-15-4-3-7-17-11-15)10-18-16(21)14-5-8-19(9-6-14)13(2)20/h3-4,7,11-12,14H,5-6,8-10H2,1-2H3,(H,18,21)/t12-/m1/s1. The van der Waals surface area contributed by atoms with Crippen LogP contribution in [-0.2, 0) is 9.59 Å². The fourth-order valence-electron chi connectivity index (χ4n) is 2.54. The van der Waals surface area contributed by atoms with Crippen LogP contribution in [-0.4, -0.2) is 47.4 Å². The monoisotopic (exact) mass is 305 g/mol. The number of carbonyl (C=O) groups is 2. The molecule has 22 heavy (non-hydrogen) atoms. The number of nitrogens with one attached hydrogen (secondary N) is 1. The van der Waals surface area contributed by atoms with Crippen LogP contribution < -0.4 is 10.1 Å². The molecule has 1 aliphatic rings. The van der Waals surface area contributed by atoms with E-state index in [2.05, 4.69) is 10.3 Å². The molecule has 2 rings (SSSR count). The van der Waals surface area contributed by atoms with Gasteiger partial charge in [0.15, 0.2) is 0 Å². The molecule has 0 spiro atoms. The van der Waals surface area contributed by atoms with E-state index in [1.165, 1.54) is 0 Å². The summed E-state index contributed by atoms with van der Waals surface area (Å²) in [6.45, 7) is 5.26. The zero-order valence-electron chi connectivity index (χ0n) is 13.1. The number of amides is 2. The molecule has 1 fully saturated rings. The molecule has 0 saturated carbocycles. The van der Waals surface area contributed by atoms with E-state index >= 15 is 0 Å². The van der Waals surface area contributed by atoms with Gasteiger partial charge in [0.05, 0.1) is 12.7 Å². The lowest BCUT2D eigenvalue weighted by atomic mass is 9.96. The summed E-state index contributed by atoms with van der Waals surface area (Å²) in [4.78, 5) is 29.2. The molecule has 1 aliphatic heterocycles. The number of hydrogen-bond donors (Lipinski definition) is 1. The summed E-state index contributed by atoms with van der Waals surface area (Å²) < 4.78 is 5.67. The predicted molar refractivity (Wildman–Crippen MR) is 82.3 cm³/mol. The van der Waals surface area contributed by atoms with E-state index in [-0.39, 0.29) is 23.8 Å². The smallest absolute Gasteiger partial charge is 0.223 e. The zero-order valence-corrected chi connectivity index (χ0v) is 13.1. The second-order valence-electron chi connectivity index (χ2n) is 5.64. The Balaban J connectivity index is 1.70. The van der Waals surface area contributed by atoms with Crippen LogP contribution in [0.1, 0.15) is 26.7 Å². The highest BCUT2D eigenvalue weighted by Crippen LogP contribution is 2.17. The SMILES string of the molecule is CC(=O)N1CCC(C(=O)NC[C@@H](C)Oc2cccnc2)CC1. The van der Waals surface area contributed by atoms with Gasteiger partial charge in [-0.25, -0.2) is 0 Å². The lowest BCUT2D eigenvalue weighted by Gasteiger charge is -2.30. The van der Waals surface area contributed by atoms with E-state index in [9.17, 15) is 9.59 Å². The van der Waals surface area contributed by atoms with Gasteiger partial charge in [-0.1, -0.05) is 0 Å². The van der Waals surface area contributed by atoms with E-state index < -0.39 is 0 Å². The highest BCUT2D eigenvalue weighted by atomic mass is 16.5. The predicted octanol–water partition coefficient (Wildman–Crippen LogP) is 1.22. The number of ether oxygens (including phenoxy) is 1. The lowest BCUT2D eigenvalue weighted by Crippen LogP contribution is -2.44. The summed E-state index contributed by atoms with van der Waals surface area (Å²) in [7, 11) is 0. The van der Waals surface area contributed by atoms with Gasteiger partial charge >= 0.3 is 0 Å². The highest BCUT2D eigenvalue weighted by Gasteiger charge is 2.26. The minimum absolute atomic E-state index is 0.0128. The second kappa shape index (κ2) is 7.77. The fourth-order valence-corrected chi connectivity index (χ4v) is 2.54. The molecule has 2 heterocycles. The molecule has 0 radical (unpaired) electrons. The molecule has 1 aromatic heterocycles. The van der Waals surface area contributed by atoms with Gasteiger partial charge < -0.3 is 15.0 Å². The van der Waals surface area contributed by atoms with E-state index in [0.29, 0.717) is 25.4 Å². The number of aromatic nitrogens is 1. The van der Waals surface area contributed by atoms with Crippen molar-refractivity contribution in [3.63, 3.8) is 0 Å². The van der Waals surface area contributed by atoms with Crippen molar-refractivity contribution >= 4 is 11.8 Å². The largest absolute Gasteiger partial charge is 0.487 e. The van der Waals surface area contributed by atoms with Crippen molar-refractivity contribution in [2.24, 2.45) is 5.92 Å². The van der Waals surface area contributed by atoms with Crippen LogP contribution in [0.3, 0.4) is 0 Å². The van der Waals surface area contributed by atoms with Gasteiger partial charge in [-0.3, -0.25) is 14.6 Å². The third-order valence-electron chi connectivity index (χ3n) is 3.85.